The second kappa shape index (κ2) is 12.5. The number of aromatic amines is 2. The number of carboxylic acid groups (broad SMARTS) is 2. The summed E-state index contributed by atoms with van der Waals surface area (Å²) in [5, 5.41) is 18.9. The fraction of sp³-hybridized carbons (Fsp3) is 0.235. The van der Waals surface area contributed by atoms with Crippen molar-refractivity contribution < 1.29 is 41.5 Å². The van der Waals surface area contributed by atoms with Crippen LogP contribution in [0.5, 0.6) is 0 Å². The minimum Gasteiger partial charge on any atom is -0.481 e. The van der Waals surface area contributed by atoms with E-state index in [-0.39, 0.29) is 34.6 Å². The van der Waals surface area contributed by atoms with Crippen LogP contribution in [0.3, 0.4) is 0 Å². The van der Waals surface area contributed by atoms with Gasteiger partial charge in [-0.1, -0.05) is 25.3 Å². The fourth-order valence-electron chi connectivity index (χ4n) is 5.77. The van der Waals surface area contributed by atoms with Crippen molar-refractivity contribution in [2.24, 2.45) is 0 Å². The van der Waals surface area contributed by atoms with Gasteiger partial charge in [0, 0.05) is 67.8 Å². The molecule has 0 aliphatic carbocycles. The summed E-state index contributed by atoms with van der Waals surface area (Å²) in [5.74, 6) is -1.78. The summed E-state index contributed by atoms with van der Waals surface area (Å²) in [6.45, 7) is 16.1. The van der Waals surface area contributed by atoms with E-state index in [1.165, 1.54) is 0 Å². The number of fused-ring (bicyclic) bond motifs is 8. The molecular weight excluding hydrogens is 576 g/mol. The maximum Gasteiger partial charge on any atom is 0.303 e. The van der Waals surface area contributed by atoms with Crippen molar-refractivity contribution in [1.29, 1.82) is 0 Å². The number of nitrogens with one attached hydrogen (secondary N) is 2. The van der Waals surface area contributed by atoms with Crippen LogP contribution in [-0.4, -0.2) is 42.1 Å². The van der Waals surface area contributed by atoms with Crippen molar-refractivity contribution in [2.45, 2.75) is 53.4 Å². The molecular formula is C34H34N4O4Ti. The molecule has 218 valence electrons. The largest absolute Gasteiger partial charge is 0.481 e. The molecule has 5 heterocycles. The minimum absolute atomic E-state index is 0. The van der Waals surface area contributed by atoms with Crippen LogP contribution in [0.2, 0.25) is 0 Å². The van der Waals surface area contributed by atoms with Gasteiger partial charge in [-0.2, -0.15) is 0 Å². The third-order valence-corrected chi connectivity index (χ3v) is 8.22. The molecule has 0 fully saturated rings. The molecule has 5 rings (SSSR count). The Bertz CT molecular complexity index is 1920. The zero-order chi connectivity index (χ0) is 30.3. The number of aromatic nitrogens is 4. The van der Waals surface area contributed by atoms with Gasteiger partial charge in [0.05, 0.1) is 22.8 Å². The number of carboxylic acids is 2. The zero-order valence-corrected chi connectivity index (χ0v) is 26.4. The Morgan fingerprint density at radius 1 is 0.674 bits per heavy atom. The van der Waals surface area contributed by atoms with Gasteiger partial charge in [0.25, 0.3) is 0 Å². The first-order valence-electron chi connectivity index (χ1n) is 13.9. The minimum atomic E-state index is -0.889. The molecule has 0 aromatic carbocycles. The summed E-state index contributed by atoms with van der Waals surface area (Å²) in [6, 6.07) is 7.88. The topological polar surface area (TPSA) is 132 Å². The van der Waals surface area contributed by atoms with Crippen molar-refractivity contribution in [2.75, 3.05) is 0 Å². The van der Waals surface area contributed by atoms with Crippen molar-refractivity contribution >= 4 is 68.4 Å². The molecule has 2 aliphatic heterocycles. The van der Waals surface area contributed by atoms with E-state index in [0.717, 1.165) is 78.0 Å². The van der Waals surface area contributed by atoms with Gasteiger partial charge < -0.3 is 20.2 Å². The van der Waals surface area contributed by atoms with E-state index in [4.69, 9.17) is 9.97 Å². The predicted molar refractivity (Wildman–Crippen MR) is 169 cm³/mol. The van der Waals surface area contributed by atoms with E-state index in [0.29, 0.717) is 24.2 Å². The van der Waals surface area contributed by atoms with E-state index in [2.05, 4.69) is 29.2 Å². The average molecular weight is 611 g/mol. The smallest absolute Gasteiger partial charge is 0.303 e. The van der Waals surface area contributed by atoms with E-state index >= 15 is 0 Å². The maximum absolute atomic E-state index is 11.5. The molecule has 0 saturated heterocycles. The summed E-state index contributed by atoms with van der Waals surface area (Å²) in [7, 11) is 0. The molecule has 0 atom stereocenters. The van der Waals surface area contributed by atoms with Crippen molar-refractivity contribution in [3.63, 3.8) is 0 Å². The van der Waals surface area contributed by atoms with E-state index < -0.39 is 11.9 Å². The van der Waals surface area contributed by atoms with Crippen molar-refractivity contribution in [1.82, 2.24) is 19.9 Å². The van der Waals surface area contributed by atoms with Gasteiger partial charge in [-0.25, -0.2) is 9.97 Å². The first kappa shape index (κ1) is 31.7. The predicted octanol–water partition coefficient (Wildman–Crippen LogP) is 7.81. The number of H-pyrrole nitrogens is 2. The Morgan fingerprint density at radius 2 is 1.07 bits per heavy atom. The standard InChI is InChI=1S/C34H34N4O4.Ti/c1-7-21-17(3)25-13-26-19(5)23(9-11-33(39)40)31(37-26)16-32-24(10-12-34(41)42)20(6)28(38-32)15-30-22(8-2)18(4)27(36-30)14-29(21)35-25;/h7-8,13-16,35-36H,1-2,9-12H2,3-6H3,(H,39,40)(H,41,42);. The molecule has 9 heteroatoms. The van der Waals surface area contributed by atoms with Crippen molar-refractivity contribution in [3.8, 4) is 0 Å². The fourth-order valence-corrected chi connectivity index (χ4v) is 5.77. The van der Waals surface area contributed by atoms with Crippen molar-refractivity contribution in [3.05, 3.63) is 82.5 Å². The number of rotatable bonds is 8. The third kappa shape index (κ3) is 5.98. The van der Waals surface area contributed by atoms with Gasteiger partial charge in [0.15, 0.2) is 0 Å². The van der Waals surface area contributed by atoms with Crippen LogP contribution in [0.4, 0.5) is 0 Å². The van der Waals surface area contributed by atoms with E-state index in [9.17, 15) is 19.8 Å². The molecule has 0 radical (unpaired) electrons. The van der Waals surface area contributed by atoms with Crippen LogP contribution in [0.25, 0.3) is 56.5 Å². The number of nitrogens with zero attached hydrogens (tertiary/aromatic N) is 2. The van der Waals surface area contributed by atoms with Gasteiger partial charge in [-0.05, 0) is 98.2 Å². The Labute approximate surface area is 264 Å². The quantitative estimate of drug-likeness (QED) is 0.193. The Hall–Kier alpha value is -4.27. The molecule has 0 spiro atoms. The first-order chi connectivity index (χ1) is 20.0. The average Bonchev–Trinajstić information content (AvgIpc) is 3.59. The van der Waals surface area contributed by atoms with Crippen LogP contribution >= 0.6 is 0 Å². The molecule has 2 aliphatic rings. The second-order valence-corrected chi connectivity index (χ2v) is 10.7. The number of carbonyl (C=O) groups is 2. The molecule has 0 unspecified atom stereocenters. The summed E-state index contributed by atoms with van der Waals surface area (Å²) < 4.78 is 0. The molecule has 0 saturated carbocycles. The van der Waals surface area contributed by atoms with Crippen LogP contribution in [0.15, 0.2) is 37.4 Å². The van der Waals surface area contributed by atoms with Crippen LogP contribution < -0.4 is 0 Å². The first-order valence-corrected chi connectivity index (χ1v) is 13.9. The molecule has 4 N–H and O–H groups in total. The number of hydrogen-bond acceptors (Lipinski definition) is 4. The van der Waals surface area contributed by atoms with E-state index in [1.807, 2.05) is 58.0 Å². The summed E-state index contributed by atoms with van der Waals surface area (Å²) in [6.07, 6.45) is 4.20. The van der Waals surface area contributed by atoms with E-state index in [1.54, 1.807) is 0 Å². The third-order valence-electron chi connectivity index (χ3n) is 8.22. The van der Waals surface area contributed by atoms with Crippen LogP contribution in [-0.2, 0) is 31.3 Å². The monoisotopic (exact) mass is 610 g/mol. The van der Waals surface area contributed by atoms with Gasteiger partial charge >= 0.3 is 11.9 Å². The number of allylic oxidation sites excluding steroid dienone is 4. The van der Waals surface area contributed by atoms with Gasteiger partial charge in [0.2, 0.25) is 0 Å². The Kier molecular flexibility index (Phi) is 9.23. The normalized spacial score (nSPS) is 12.7. The molecule has 3 aromatic heterocycles. The molecule has 8 bridgehead atoms. The van der Waals surface area contributed by atoms with Gasteiger partial charge in [-0.15, -0.1) is 0 Å². The summed E-state index contributed by atoms with van der Waals surface area (Å²) in [4.78, 5) is 40.0. The molecule has 0 amide bonds. The molecule has 8 nitrogen and oxygen atoms in total. The maximum atomic E-state index is 11.5. The Morgan fingerprint density at radius 3 is 1.49 bits per heavy atom. The molecule has 43 heavy (non-hydrogen) atoms. The SMILES string of the molecule is C=Cc1c(C)c2cc3[nH]c(cc4nc(cc5nc(cc1[nH]2)C(C)=C5CCC(=O)O)C(CCC(=O)O)=C4C)c(C)c3C=C.[Ti]. The summed E-state index contributed by atoms with van der Waals surface area (Å²) >= 11 is 0. The second-order valence-electron chi connectivity index (χ2n) is 10.7. The van der Waals surface area contributed by atoms with Gasteiger partial charge in [0.1, 0.15) is 0 Å². The number of hydrogen-bond donors (Lipinski definition) is 4. The van der Waals surface area contributed by atoms with Gasteiger partial charge in [-0.3, -0.25) is 9.59 Å². The van der Waals surface area contributed by atoms with Crippen LogP contribution in [0, 0.1) is 13.8 Å². The number of aryl methyl sites for hydroxylation is 2. The Balaban J connectivity index is 0.00000423. The summed E-state index contributed by atoms with van der Waals surface area (Å²) in [5.41, 5.74) is 13.7. The zero-order valence-electron chi connectivity index (χ0n) is 24.8. The number of aliphatic carboxylic acids is 2. The molecule has 3 aromatic rings. The van der Waals surface area contributed by atoms with Crippen LogP contribution in [0.1, 0.15) is 84.6 Å².